The number of pyridine rings is 1. The van der Waals surface area contributed by atoms with Gasteiger partial charge in [-0.15, -0.1) is 0 Å². The molecule has 1 saturated heterocycles. The fraction of sp³-hybridized carbons (Fsp3) is 0.484. The van der Waals surface area contributed by atoms with Crippen LogP contribution in [0.3, 0.4) is 0 Å². The zero-order valence-corrected chi connectivity index (χ0v) is 24.0. The molecule has 0 atom stereocenters. The maximum Gasteiger partial charge on any atom is 0.317 e. The number of ketones is 1. The molecule has 2 aromatic heterocycles. The number of carbonyl (C=O) groups excluding carboxylic acids is 2. The van der Waals surface area contributed by atoms with Gasteiger partial charge in [-0.05, 0) is 61.9 Å². The third-order valence-corrected chi connectivity index (χ3v) is 8.53. The third-order valence-electron chi connectivity index (χ3n) is 8.53. The lowest BCUT2D eigenvalue weighted by Crippen LogP contribution is -2.42. The number of anilines is 2. The Bertz CT molecular complexity index is 1480. The SMILES string of the molecule is CNC(=O)N1CCc2c(c(N3CCCc4cc(-c5ccc(CC(C)=O)nc5)c(C(F)F)cc43)nn2C2CCOCC2)C1. The van der Waals surface area contributed by atoms with E-state index in [1.807, 2.05) is 6.07 Å². The number of benzene rings is 1. The second kappa shape index (κ2) is 11.8. The highest BCUT2D eigenvalue weighted by molar-refractivity contribution is 5.79. The van der Waals surface area contributed by atoms with Gasteiger partial charge in [0.15, 0.2) is 5.82 Å². The van der Waals surface area contributed by atoms with E-state index in [1.54, 1.807) is 36.3 Å². The van der Waals surface area contributed by atoms with Crippen molar-refractivity contribution in [1.82, 2.24) is 25.0 Å². The molecule has 6 rings (SSSR count). The number of carbonyl (C=O) groups is 2. The van der Waals surface area contributed by atoms with Crippen LogP contribution < -0.4 is 10.2 Å². The number of amides is 2. The van der Waals surface area contributed by atoms with E-state index in [1.165, 1.54) is 6.92 Å². The van der Waals surface area contributed by atoms with E-state index in [9.17, 15) is 18.4 Å². The molecule has 1 N–H and O–H groups in total. The quantitative estimate of drug-likeness (QED) is 0.435. The Hall–Kier alpha value is -3.86. The van der Waals surface area contributed by atoms with Gasteiger partial charge < -0.3 is 19.9 Å². The average Bonchev–Trinajstić information content (AvgIpc) is 3.39. The molecule has 11 heteroatoms. The maximum atomic E-state index is 14.6. The molecule has 2 amide bonds. The van der Waals surface area contributed by atoms with Gasteiger partial charge in [-0.2, -0.15) is 5.10 Å². The number of aryl methyl sites for hydroxylation is 1. The maximum absolute atomic E-state index is 14.6. The number of Topliss-reactive ketones (excluding diaryl/α,β-unsaturated/α-hetero) is 1. The first-order chi connectivity index (χ1) is 20.3. The molecule has 3 aromatic rings. The predicted molar refractivity (Wildman–Crippen MR) is 154 cm³/mol. The van der Waals surface area contributed by atoms with Gasteiger partial charge in [0.25, 0.3) is 6.43 Å². The lowest BCUT2D eigenvalue weighted by molar-refractivity contribution is -0.116. The van der Waals surface area contributed by atoms with Gasteiger partial charge in [-0.1, -0.05) is 6.07 Å². The van der Waals surface area contributed by atoms with Crippen LogP contribution in [0.25, 0.3) is 11.1 Å². The fourth-order valence-corrected chi connectivity index (χ4v) is 6.45. The molecule has 42 heavy (non-hydrogen) atoms. The van der Waals surface area contributed by atoms with Crippen LogP contribution in [-0.4, -0.2) is 64.8 Å². The van der Waals surface area contributed by atoms with E-state index in [0.717, 1.165) is 54.0 Å². The highest BCUT2D eigenvalue weighted by atomic mass is 19.3. The Kier molecular flexibility index (Phi) is 7.94. The van der Waals surface area contributed by atoms with Crippen molar-refractivity contribution < 1.29 is 23.1 Å². The molecular weight excluding hydrogens is 542 g/mol. The van der Waals surface area contributed by atoms with Crippen LogP contribution in [0.15, 0.2) is 30.5 Å². The third kappa shape index (κ3) is 5.37. The number of hydrogen-bond acceptors (Lipinski definition) is 6. The van der Waals surface area contributed by atoms with Crippen LogP contribution in [0.1, 0.15) is 66.7 Å². The molecule has 222 valence electrons. The summed E-state index contributed by atoms with van der Waals surface area (Å²) >= 11 is 0. The normalized spacial score (nSPS) is 17.3. The van der Waals surface area contributed by atoms with Gasteiger partial charge in [-0.25, -0.2) is 13.6 Å². The van der Waals surface area contributed by atoms with E-state index in [-0.39, 0.29) is 29.8 Å². The summed E-state index contributed by atoms with van der Waals surface area (Å²) in [6.07, 6.45) is 3.10. The summed E-state index contributed by atoms with van der Waals surface area (Å²) in [5.74, 6) is 0.742. The molecular formula is C31H36F2N6O3. The minimum absolute atomic E-state index is 0.00251. The van der Waals surface area contributed by atoms with Crippen molar-refractivity contribution in [2.24, 2.45) is 0 Å². The number of halogens is 2. The van der Waals surface area contributed by atoms with Crippen LogP contribution in [0.2, 0.25) is 0 Å². The molecule has 0 spiro atoms. The summed E-state index contributed by atoms with van der Waals surface area (Å²) in [6, 6.07) is 7.02. The molecule has 3 aliphatic heterocycles. The number of aromatic nitrogens is 3. The van der Waals surface area contributed by atoms with Gasteiger partial charge in [0.1, 0.15) is 5.78 Å². The van der Waals surface area contributed by atoms with Crippen LogP contribution in [0.4, 0.5) is 25.1 Å². The summed E-state index contributed by atoms with van der Waals surface area (Å²) in [6.45, 7) is 4.51. The first-order valence-corrected chi connectivity index (χ1v) is 14.7. The van der Waals surface area contributed by atoms with Gasteiger partial charge in [0, 0.05) is 86.2 Å². The first kappa shape index (κ1) is 28.3. The fourth-order valence-electron chi connectivity index (χ4n) is 6.45. The number of hydrogen-bond donors (Lipinski definition) is 1. The Labute approximate surface area is 243 Å². The van der Waals surface area contributed by atoms with Crippen LogP contribution >= 0.6 is 0 Å². The second-order valence-electron chi connectivity index (χ2n) is 11.3. The summed E-state index contributed by atoms with van der Waals surface area (Å²) in [4.78, 5) is 32.3. The Morgan fingerprint density at radius 3 is 2.64 bits per heavy atom. The van der Waals surface area contributed by atoms with Crippen molar-refractivity contribution in [3.8, 4) is 11.1 Å². The second-order valence-corrected chi connectivity index (χ2v) is 11.3. The highest BCUT2D eigenvalue weighted by Gasteiger charge is 2.34. The van der Waals surface area contributed by atoms with E-state index >= 15 is 0 Å². The number of alkyl halides is 2. The van der Waals surface area contributed by atoms with Crippen molar-refractivity contribution in [3.63, 3.8) is 0 Å². The zero-order valence-electron chi connectivity index (χ0n) is 24.0. The smallest absolute Gasteiger partial charge is 0.317 e. The summed E-state index contributed by atoms with van der Waals surface area (Å²) < 4.78 is 36.9. The number of rotatable bonds is 6. The standard InChI is InChI=1S/C31H36F2N6O3/c1-19(40)14-22-6-5-21(17-35-22)24-15-20-4-3-10-38(28(20)16-25(24)29(32)33)30-26-18-37(31(41)34-2)11-7-27(26)39(36-30)23-8-12-42-13-9-23/h5-6,15-17,23,29H,3-4,7-14,18H2,1-2H3,(H,34,41). The topological polar surface area (TPSA) is 92.6 Å². The molecule has 5 heterocycles. The van der Waals surface area contributed by atoms with Crippen molar-refractivity contribution in [2.45, 2.75) is 64.5 Å². The molecule has 9 nitrogen and oxygen atoms in total. The molecule has 0 radical (unpaired) electrons. The molecule has 1 fully saturated rings. The van der Waals surface area contributed by atoms with E-state index in [0.29, 0.717) is 56.1 Å². The van der Waals surface area contributed by atoms with Gasteiger partial charge in [0.2, 0.25) is 0 Å². The molecule has 1 aromatic carbocycles. The van der Waals surface area contributed by atoms with Gasteiger partial charge >= 0.3 is 6.03 Å². The van der Waals surface area contributed by atoms with Crippen LogP contribution in [0.5, 0.6) is 0 Å². The predicted octanol–water partition coefficient (Wildman–Crippen LogP) is 5.15. The molecule has 3 aliphatic rings. The summed E-state index contributed by atoms with van der Waals surface area (Å²) in [5, 5.41) is 7.88. The van der Waals surface area contributed by atoms with Crippen molar-refractivity contribution >= 4 is 23.3 Å². The number of nitrogens with one attached hydrogen (secondary N) is 1. The van der Waals surface area contributed by atoms with E-state index < -0.39 is 6.43 Å². The van der Waals surface area contributed by atoms with Crippen molar-refractivity contribution in [2.75, 3.05) is 38.3 Å². The largest absolute Gasteiger partial charge is 0.381 e. The van der Waals surface area contributed by atoms with Crippen molar-refractivity contribution in [1.29, 1.82) is 0 Å². The minimum Gasteiger partial charge on any atom is -0.381 e. The average molecular weight is 579 g/mol. The first-order valence-electron chi connectivity index (χ1n) is 14.7. The number of fused-ring (bicyclic) bond motifs is 2. The van der Waals surface area contributed by atoms with Gasteiger partial charge in [-0.3, -0.25) is 14.5 Å². The molecule has 0 bridgehead atoms. The molecule has 0 aliphatic carbocycles. The minimum atomic E-state index is -2.69. The van der Waals surface area contributed by atoms with Gasteiger partial charge in [0.05, 0.1) is 12.6 Å². The Balaban J connectivity index is 1.42. The summed E-state index contributed by atoms with van der Waals surface area (Å²) in [5.41, 5.74) is 5.41. The van der Waals surface area contributed by atoms with Crippen molar-refractivity contribution in [3.05, 3.63) is 58.5 Å². The Morgan fingerprint density at radius 2 is 1.95 bits per heavy atom. The summed E-state index contributed by atoms with van der Waals surface area (Å²) in [7, 11) is 1.63. The highest BCUT2D eigenvalue weighted by Crippen LogP contribution is 2.43. The molecule has 0 saturated carbocycles. The van der Waals surface area contributed by atoms with Crippen LogP contribution in [0, 0.1) is 0 Å². The monoisotopic (exact) mass is 578 g/mol. The zero-order chi connectivity index (χ0) is 29.4. The number of nitrogens with zero attached hydrogens (tertiary/aromatic N) is 5. The lowest BCUT2D eigenvalue weighted by Gasteiger charge is -2.33. The number of urea groups is 1. The van der Waals surface area contributed by atoms with E-state index in [2.05, 4.69) is 19.9 Å². The molecule has 0 unspecified atom stereocenters. The number of ether oxygens (including phenoxy) is 1. The Morgan fingerprint density at radius 1 is 1.14 bits per heavy atom. The van der Waals surface area contributed by atoms with E-state index in [4.69, 9.17) is 9.84 Å². The lowest BCUT2D eigenvalue weighted by atomic mass is 9.92. The van der Waals surface area contributed by atoms with Crippen LogP contribution in [-0.2, 0) is 35.3 Å².